The predicted molar refractivity (Wildman–Crippen MR) is 51.2 cm³/mol. The third-order valence-corrected chi connectivity index (χ3v) is 2.86. The topological polar surface area (TPSA) is 18.5 Å². The number of rotatable bonds is 4. The Bertz CT molecular complexity index is 105. The molecule has 1 heterocycles. The summed E-state index contributed by atoms with van der Waals surface area (Å²) in [4.78, 5) is 9.85. The molecule has 0 N–H and O–H groups in total. The highest BCUT2D eigenvalue weighted by Crippen LogP contribution is 2.33. The summed E-state index contributed by atoms with van der Waals surface area (Å²) in [6, 6.07) is 0. The second kappa shape index (κ2) is 4.80. The summed E-state index contributed by atoms with van der Waals surface area (Å²) in [7, 11) is 0. The van der Waals surface area contributed by atoms with Crippen LogP contribution in [-0.4, -0.2) is 23.9 Å². The maximum absolute atomic E-state index is 4.92. The van der Waals surface area contributed by atoms with Crippen LogP contribution in [0.4, 0.5) is 0 Å². The first-order valence-corrected chi connectivity index (χ1v) is 5.94. The Balaban J connectivity index is 2.40. The smallest absolute Gasteiger partial charge is 0.0902 e. The summed E-state index contributed by atoms with van der Waals surface area (Å²) in [5.74, 6) is 0. The second-order valence-electron chi connectivity index (χ2n) is 2.90. The number of hydrogen-bond acceptors (Lipinski definition) is 2. The summed E-state index contributed by atoms with van der Waals surface area (Å²) in [5, 5.41) is 2.04. The maximum atomic E-state index is 4.92. The largest absolute Gasteiger partial charge is 0.236 e. The monoisotopic (exact) mass is 286 g/mol. The molecular formula is C7H12Br2O2. The molecule has 1 aliphatic heterocycles. The molecule has 0 aromatic heterocycles. The number of alkyl halides is 2. The van der Waals surface area contributed by atoms with Crippen molar-refractivity contribution < 1.29 is 9.78 Å². The van der Waals surface area contributed by atoms with Crippen molar-refractivity contribution in [3.05, 3.63) is 0 Å². The van der Waals surface area contributed by atoms with Crippen molar-refractivity contribution in [1.82, 2.24) is 0 Å². The van der Waals surface area contributed by atoms with Gasteiger partial charge in [0.15, 0.2) is 0 Å². The van der Waals surface area contributed by atoms with E-state index in [1.807, 2.05) is 0 Å². The van der Waals surface area contributed by atoms with Gasteiger partial charge in [-0.1, -0.05) is 31.9 Å². The molecule has 4 heteroatoms. The fourth-order valence-electron chi connectivity index (χ4n) is 1.19. The molecule has 0 spiro atoms. The van der Waals surface area contributed by atoms with E-state index < -0.39 is 0 Å². The van der Waals surface area contributed by atoms with Gasteiger partial charge in [0.25, 0.3) is 0 Å². The molecule has 0 saturated carbocycles. The van der Waals surface area contributed by atoms with E-state index in [0.717, 1.165) is 36.7 Å². The molecule has 0 aromatic rings. The van der Waals surface area contributed by atoms with Crippen molar-refractivity contribution in [1.29, 1.82) is 0 Å². The highest BCUT2D eigenvalue weighted by molar-refractivity contribution is 9.09. The lowest BCUT2D eigenvalue weighted by Crippen LogP contribution is -2.25. The quantitative estimate of drug-likeness (QED) is 0.584. The molecule has 1 rings (SSSR count). The third kappa shape index (κ3) is 2.68. The van der Waals surface area contributed by atoms with Crippen molar-refractivity contribution in [3.8, 4) is 0 Å². The molecule has 0 aliphatic carbocycles. The molecule has 0 atom stereocenters. The minimum atomic E-state index is 0.257. The van der Waals surface area contributed by atoms with Crippen LogP contribution in [0.2, 0.25) is 0 Å². The summed E-state index contributed by atoms with van der Waals surface area (Å²) in [6.07, 6.45) is 2.25. The van der Waals surface area contributed by atoms with Gasteiger partial charge in [0.2, 0.25) is 0 Å². The molecule has 0 aromatic carbocycles. The normalized spacial score (nSPS) is 22.4. The van der Waals surface area contributed by atoms with Gasteiger partial charge in [-0.3, -0.25) is 0 Å². The van der Waals surface area contributed by atoms with E-state index in [1.54, 1.807) is 0 Å². The van der Waals surface area contributed by atoms with Gasteiger partial charge in [0, 0.05) is 16.1 Å². The lowest BCUT2D eigenvalue weighted by molar-refractivity contribution is -0.248. The molecular weight excluding hydrogens is 276 g/mol. The van der Waals surface area contributed by atoms with Crippen LogP contribution in [0.25, 0.3) is 0 Å². The van der Waals surface area contributed by atoms with Crippen LogP contribution < -0.4 is 0 Å². The van der Waals surface area contributed by atoms with E-state index in [4.69, 9.17) is 9.78 Å². The standard InChI is InChI=1S/C7H12Br2O2/c8-3-1-7(2-4-9)5-10-11-6-7/h1-6H2. The fourth-order valence-corrected chi connectivity index (χ4v) is 2.87. The van der Waals surface area contributed by atoms with Crippen LogP contribution in [-0.2, 0) is 9.78 Å². The number of halogens is 2. The van der Waals surface area contributed by atoms with Gasteiger partial charge in [-0.25, -0.2) is 9.78 Å². The van der Waals surface area contributed by atoms with Gasteiger partial charge < -0.3 is 0 Å². The Morgan fingerprint density at radius 1 is 1.00 bits per heavy atom. The van der Waals surface area contributed by atoms with Gasteiger partial charge in [0.1, 0.15) is 0 Å². The molecule has 0 radical (unpaired) electrons. The lowest BCUT2D eigenvalue weighted by atomic mass is 9.85. The summed E-state index contributed by atoms with van der Waals surface area (Å²) < 4.78 is 0. The minimum Gasteiger partial charge on any atom is -0.236 e. The summed E-state index contributed by atoms with van der Waals surface area (Å²) in [6.45, 7) is 1.48. The molecule has 11 heavy (non-hydrogen) atoms. The molecule has 66 valence electrons. The van der Waals surface area contributed by atoms with Crippen LogP contribution in [0.1, 0.15) is 12.8 Å². The molecule has 0 amide bonds. The van der Waals surface area contributed by atoms with Crippen LogP contribution in [0.15, 0.2) is 0 Å². The van der Waals surface area contributed by atoms with Crippen molar-refractivity contribution in [2.24, 2.45) is 5.41 Å². The van der Waals surface area contributed by atoms with Crippen LogP contribution in [0.3, 0.4) is 0 Å². The van der Waals surface area contributed by atoms with Crippen molar-refractivity contribution in [3.63, 3.8) is 0 Å². The molecule has 0 bridgehead atoms. The van der Waals surface area contributed by atoms with Crippen LogP contribution >= 0.6 is 31.9 Å². The number of hydrogen-bond donors (Lipinski definition) is 0. The zero-order valence-electron chi connectivity index (χ0n) is 6.32. The summed E-state index contributed by atoms with van der Waals surface area (Å²) >= 11 is 6.88. The average molecular weight is 288 g/mol. The molecule has 2 nitrogen and oxygen atoms in total. The van der Waals surface area contributed by atoms with E-state index in [1.165, 1.54) is 0 Å². The van der Waals surface area contributed by atoms with Gasteiger partial charge >= 0.3 is 0 Å². The molecule has 1 aliphatic rings. The van der Waals surface area contributed by atoms with E-state index in [-0.39, 0.29) is 5.41 Å². The molecule has 1 fully saturated rings. The van der Waals surface area contributed by atoms with Gasteiger partial charge in [-0.15, -0.1) is 0 Å². The first-order chi connectivity index (χ1) is 5.33. The Morgan fingerprint density at radius 2 is 1.45 bits per heavy atom. The minimum absolute atomic E-state index is 0.257. The first kappa shape index (κ1) is 9.96. The highest BCUT2D eigenvalue weighted by Gasteiger charge is 2.35. The van der Waals surface area contributed by atoms with Crippen molar-refractivity contribution in [2.45, 2.75) is 12.8 Å². The maximum Gasteiger partial charge on any atom is 0.0902 e. The Kier molecular flexibility index (Phi) is 4.34. The zero-order chi connectivity index (χ0) is 8.16. The SMILES string of the molecule is BrCCC1(CCBr)COOC1. The highest BCUT2D eigenvalue weighted by atomic mass is 79.9. The Hall–Kier alpha value is 0.880. The first-order valence-electron chi connectivity index (χ1n) is 3.69. The van der Waals surface area contributed by atoms with Gasteiger partial charge in [-0.2, -0.15) is 0 Å². The van der Waals surface area contributed by atoms with Gasteiger partial charge in [-0.05, 0) is 12.8 Å². The Morgan fingerprint density at radius 3 is 1.82 bits per heavy atom. The van der Waals surface area contributed by atoms with E-state index in [2.05, 4.69) is 31.9 Å². The van der Waals surface area contributed by atoms with E-state index >= 15 is 0 Å². The fraction of sp³-hybridized carbons (Fsp3) is 1.00. The van der Waals surface area contributed by atoms with E-state index in [9.17, 15) is 0 Å². The van der Waals surface area contributed by atoms with Crippen molar-refractivity contribution in [2.75, 3.05) is 23.9 Å². The Labute approximate surface area is 83.8 Å². The van der Waals surface area contributed by atoms with Gasteiger partial charge in [0.05, 0.1) is 13.2 Å². The third-order valence-electron chi connectivity index (χ3n) is 2.06. The lowest BCUT2D eigenvalue weighted by Gasteiger charge is -2.22. The predicted octanol–water partition coefficient (Wildman–Crippen LogP) is 2.50. The van der Waals surface area contributed by atoms with E-state index in [0.29, 0.717) is 0 Å². The molecule has 0 unspecified atom stereocenters. The zero-order valence-corrected chi connectivity index (χ0v) is 9.49. The van der Waals surface area contributed by atoms with Crippen LogP contribution in [0, 0.1) is 5.41 Å². The van der Waals surface area contributed by atoms with Crippen molar-refractivity contribution >= 4 is 31.9 Å². The average Bonchev–Trinajstić information content (AvgIpc) is 2.39. The van der Waals surface area contributed by atoms with Crippen LogP contribution in [0.5, 0.6) is 0 Å². The molecule has 1 saturated heterocycles. The second-order valence-corrected chi connectivity index (χ2v) is 4.49. The summed E-state index contributed by atoms with van der Waals surface area (Å²) in [5.41, 5.74) is 0.257.